The lowest BCUT2D eigenvalue weighted by atomic mass is 9.81. The summed E-state index contributed by atoms with van der Waals surface area (Å²) in [4.78, 5) is 23.6. The van der Waals surface area contributed by atoms with Gasteiger partial charge in [0.1, 0.15) is 17.8 Å². The number of carbonyl (C=O) groups excluding carboxylic acids is 2. The second-order valence-electron chi connectivity index (χ2n) is 6.01. The highest BCUT2D eigenvalue weighted by Gasteiger charge is 2.42. The van der Waals surface area contributed by atoms with Crippen LogP contribution in [0.25, 0.3) is 0 Å². The first-order chi connectivity index (χ1) is 9.52. The van der Waals surface area contributed by atoms with Crippen LogP contribution < -0.4 is 0 Å². The van der Waals surface area contributed by atoms with Gasteiger partial charge in [-0.15, -0.1) is 0 Å². The number of ether oxygens (including phenoxy) is 1. The summed E-state index contributed by atoms with van der Waals surface area (Å²) >= 11 is 0. The number of benzene rings is 1. The van der Waals surface area contributed by atoms with Gasteiger partial charge >= 0.3 is 5.97 Å². The molecular weight excluding hydrogens is 252 g/mol. The summed E-state index contributed by atoms with van der Waals surface area (Å²) in [6, 6.07) is 9.67. The lowest BCUT2D eigenvalue weighted by molar-refractivity contribution is -0.173. The van der Waals surface area contributed by atoms with Crippen molar-refractivity contribution in [2.75, 3.05) is 0 Å². The molecule has 1 heterocycles. The summed E-state index contributed by atoms with van der Waals surface area (Å²) in [6.07, 6.45) is 2.96. The minimum Gasteiger partial charge on any atom is -0.453 e. The molecule has 0 bridgehead atoms. The predicted octanol–water partition coefficient (Wildman–Crippen LogP) is 3.61. The molecule has 2 rings (SSSR count). The molecule has 108 valence electrons. The Balaban J connectivity index is 2.23. The number of esters is 1. The fourth-order valence-electron chi connectivity index (χ4n) is 2.81. The third kappa shape index (κ3) is 3.47. The molecule has 1 aliphatic rings. The van der Waals surface area contributed by atoms with Crippen LogP contribution >= 0.6 is 0 Å². The van der Waals surface area contributed by atoms with Crippen molar-refractivity contribution in [3.05, 3.63) is 35.9 Å². The third-order valence-corrected chi connectivity index (χ3v) is 3.80. The highest BCUT2D eigenvalue weighted by atomic mass is 16.6. The summed E-state index contributed by atoms with van der Waals surface area (Å²) in [6.45, 7) is 4.35. The van der Waals surface area contributed by atoms with E-state index < -0.39 is 11.6 Å². The van der Waals surface area contributed by atoms with Gasteiger partial charge < -0.3 is 4.74 Å². The average Bonchev–Trinajstić information content (AvgIpc) is 2.38. The molecule has 3 nitrogen and oxygen atoms in total. The standard InChI is InChI=1S/C17H22O3/c1-13(2)7-6-10-17(14-8-4-3-5-9-14)12-15(18)11-16(19)20-17/h3-5,8-9,13H,6-7,10-12H2,1-2H3. The topological polar surface area (TPSA) is 43.4 Å². The minimum atomic E-state index is -0.747. The Kier molecular flexibility index (Phi) is 4.58. The van der Waals surface area contributed by atoms with Gasteiger partial charge in [0.15, 0.2) is 0 Å². The molecule has 0 N–H and O–H groups in total. The second-order valence-corrected chi connectivity index (χ2v) is 6.01. The molecule has 0 amide bonds. The summed E-state index contributed by atoms with van der Waals surface area (Å²) in [5.74, 6) is 0.196. The second kappa shape index (κ2) is 6.21. The Hall–Kier alpha value is -1.64. The normalized spacial score (nSPS) is 22.9. The predicted molar refractivity (Wildman–Crippen MR) is 77.1 cm³/mol. The highest BCUT2D eigenvalue weighted by molar-refractivity contribution is 5.98. The Bertz CT molecular complexity index is 460. The van der Waals surface area contributed by atoms with Crippen molar-refractivity contribution in [1.82, 2.24) is 0 Å². The SMILES string of the molecule is CC(C)CCCC1(c2ccccc2)CC(=O)CC(=O)O1. The monoisotopic (exact) mass is 274 g/mol. The van der Waals surface area contributed by atoms with Crippen LogP contribution in [-0.2, 0) is 19.9 Å². The molecule has 1 aromatic rings. The maximum absolute atomic E-state index is 11.9. The van der Waals surface area contributed by atoms with E-state index in [1.54, 1.807) is 0 Å². The van der Waals surface area contributed by atoms with Crippen molar-refractivity contribution in [2.24, 2.45) is 5.92 Å². The molecule has 1 fully saturated rings. The third-order valence-electron chi connectivity index (χ3n) is 3.80. The number of carbonyl (C=O) groups is 2. The molecule has 0 radical (unpaired) electrons. The minimum absolute atomic E-state index is 0.0188. The summed E-state index contributed by atoms with van der Waals surface area (Å²) < 4.78 is 5.65. The maximum atomic E-state index is 11.9. The molecule has 1 aliphatic heterocycles. The first-order valence-corrected chi connectivity index (χ1v) is 7.31. The largest absolute Gasteiger partial charge is 0.453 e. The quantitative estimate of drug-likeness (QED) is 0.608. The van der Waals surface area contributed by atoms with Crippen LogP contribution in [0.15, 0.2) is 30.3 Å². The number of hydrogen-bond donors (Lipinski definition) is 0. The van der Waals surface area contributed by atoms with Crippen LogP contribution in [0.5, 0.6) is 0 Å². The molecule has 1 aromatic carbocycles. The zero-order valence-corrected chi connectivity index (χ0v) is 12.2. The number of cyclic esters (lactones) is 1. The zero-order valence-electron chi connectivity index (χ0n) is 12.2. The van der Waals surface area contributed by atoms with Gasteiger partial charge in [-0.3, -0.25) is 9.59 Å². The molecule has 3 heteroatoms. The van der Waals surface area contributed by atoms with Crippen LogP contribution in [0, 0.1) is 5.92 Å². The number of ketones is 1. The van der Waals surface area contributed by atoms with Crippen molar-refractivity contribution in [2.45, 2.75) is 51.6 Å². The van der Waals surface area contributed by atoms with E-state index in [2.05, 4.69) is 13.8 Å². The van der Waals surface area contributed by atoms with Crippen molar-refractivity contribution < 1.29 is 14.3 Å². The Labute approximate surface area is 120 Å². The van der Waals surface area contributed by atoms with Gasteiger partial charge in [0.05, 0.1) is 6.42 Å². The molecule has 0 aliphatic carbocycles. The van der Waals surface area contributed by atoms with E-state index in [1.807, 2.05) is 30.3 Å². The molecule has 1 unspecified atom stereocenters. The van der Waals surface area contributed by atoms with Crippen molar-refractivity contribution in [3.8, 4) is 0 Å². The van der Waals surface area contributed by atoms with Gasteiger partial charge in [0, 0.05) is 0 Å². The van der Waals surface area contributed by atoms with E-state index in [-0.39, 0.29) is 12.2 Å². The lowest BCUT2D eigenvalue weighted by Crippen LogP contribution is -2.40. The highest BCUT2D eigenvalue weighted by Crippen LogP contribution is 2.39. The fourth-order valence-corrected chi connectivity index (χ4v) is 2.81. The molecule has 1 atom stereocenters. The molecule has 0 saturated carbocycles. The lowest BCUT2D eigenvalue weighted by Gasteiger charge is -2.36. The summed E-state index contributed by atoms with van der Waals surface area (Å²) in [7, 11) is 0. The molecule has 0 aromatic heterocycles. The van der Waals surface area contributed by atoms with Crippen molar-refractivity contribution in [1.29, 1.82) is 0 Å². The van der Waals surface area contributed by atoms with Gasteiger partial charge in [-0.25, -0.2) is 0 Å². The first-order valence-electron chi connectivity index (χ1n) is 7.31. The Morgan fingerprint density at radius 2 is 1.90 bits per heavy atom. The first kappa shape index (κ1) is 14.8. The van der Waals surface area contributed by atoms with Gasteiger partial charge in [-0.1, -0.05) is 50.6 Å². The average molecular weight is 274 g/mol. The Morgan fingerprint density at radius 1 is 1.20 bits per heavy atom. The van der Waals surface area contributed by atoms with Crippen molar-refractivity contribution in [3.63, 3.8) is 0 Å². The van der Waals surface area contributed by atoms with Crippen LogP contribution in [0.3, 0.4) is 0 Å². The summed E-state index contributed by atoms with van der Waals surface area (Å²) in [5, 5.41) is 0. The van der Waals surface area contributed by atoms with E-state index >= 15 is 0 Å². The molecule has 0 spiro atoms. The van der Waals surface area contributed by atoms with E-state index in [9.17, 15) is 9.59 Å². The van der Waals surface area contributed by atoms with E-state index in [0.29, 0.717) is 18.8 Å². The van der Waals surface area contributed by atoms with Gasteiger partial charge in [-0.2, -0.15) is 0 Å². The van der Waals surface area contributed by atoms with Crippen LogP contribution in [-0.4, -0.2) is 11.8 Å². The maximum Gasteiger partial charge on any atom is 0.314 e. The smallest absolute Gasteiger partial charge is 0.314 e. The van der Waals surface area contributed by atoms with Gasteiger partial charge in [0.25, 0.3) is 0 Å². The van der Waals surface area contributed by atoms with Gasteiger partial charge in [0.2, 0.25) is 0 Å². The van der Waals surface area contributed by atoms with Crippen molar-refractivity contribution >= 4 is 11.8 Å². The van der Waals surface area contributed by atoms with Crippen LogP contribution in [0.1, 0.15) is 51.5 Å². The number of Topliss-reactive ketones (excluding diaryl/α,β-unsaturated/α-hetero) is 1. The van der Waals surface area contributed by atoms with E-state index in [0.717, 1.165) is 18.4 Å². The molecular formula is C17H22O3. The van der Waals surface area contributed by atoms with Crippen LogP contribution in [0.2, 0.25) is 0 Å². The summed E-state index contributed by atoms with van der Waals surface area (Å²) in [5.41, 5.74) is 0.188. The number of hydrogen-bond acceptors (Lipinski definition) is 3. The number of rotatable bonds is 5. The van der Waals surface area contributed by atoms with E-state index in [4.69, 9.17) is 4.74 Å². The van der Waals surface area contributed by atoms with Crippen LogP contribution in [0.4, 0.5) is 0 Å². The molecule has 20 heavy (non-hydrogen) atoms. The van der Waals surface area contributed by atoms with E-state index in [1.165, 1.54) is 0 Å². The zero-order chi connectivity index (χ0) is 14.6. The van der Waals surface area contributed by atoms with Gasteiger partial charge in [-0.05, 0) is 24.3 Å². The molecule has 1 saturated heterocycles. The Morgan fingerprint density at radius 3 is 2.50 bits per heavy atom. The fraction of sp³-hybridized carbons (Fsp3) is 0.529.